The first-order valence-corrected chi connectivity index (χ1v) is 13.5. The summed E-state index contributed by atoms with van der Waals surface area (Å²) >= 11 is 7.74. The minimum absolute atomic E-state index is 0.00489. The molecule has 0 aliphatic carbocycles. The number of carbonyl (C=O) groups excluding carboxylic acids is 3. The molecule has 1 aromatic heterocycles. The first-order chi connectivity index (χ1) is 19.0. The van der Waals surface area contributed by atoms with Gasteiger partial charge in [-0.25, -0.2) is 0 Å². The van der Waals surface area contributed by atoms with Crippen molar-refractivity contribution in [1.82, 2.24) is 9.78 Å². The van der Waals surface area contributed by atoms with Gasteiger partial charge in [-0.2, -0.15) is 43.2 Å². The number of anilines is 1. The van der Waals surface area contributed by atoms with Gasteiger partial charge in [0.15, 0.2) is 5.69 Å². The Morgan fingerprint density at radius 2 is 1.76 bits per heavy atom. The van der Waals surface area contributed by atoms with Crippen LogP contribution < -0.4 is 10.6 Å². The molecule has 0 saturated heterocycles. The van der Waals surface area contributed by atoms with Crippen LogP contribution >= 0.6 is 23.4 Å². The number of alkyl halides is 6. The largest absolute Gasteiger partial charge is 0.455 e. The number of Topliss-reactive ketones (excluding diaryl/α,β-unsaturated/α-hetero) is 1. The van der Waals surface area contributed by atoms with Crippen molar-refractivity contribution in [3.05, 3.63) is 81.1 Å². The van der Waals surface area contributed by atoms with Crippen LogP contribution in [-0.4, -0.2) is 51.6 Å². The van der Waals surface area contributed by atoms with Crippen molar-refractivity contribution >= 4 is 46.6 Å². The van der Waals surface area contributed by atoms with Crippen LogP contribution in [0.5, 0.6) is 0 Å². The maximum absolute atomic E-state index is 13.8. The van der Waals surface area contributed by atoms with Crippen LogP contribution in [0.15, 0.2) is 42.6 Å². The molecule has 2 aromatic carbocycles. The van der Waals surface area contributed by atoms with Crippen molar-refractivity contribution < 1.29 is 40.7 Å². The molecule has 0 aliphatic heterocycles. The van der Waals surface area contributed by atoms with Crippen molar-refractivity contribution in [2.24, 2.45) is 5.73 Å². The average molecular weight is 621 g/mol. The van der Waals surface area contributed by atoms with E-state index in [0.717, 1.165) is 0 Å². The number of amides is 2. The Hall–Kier alpha value is -3.52. The van der Waals surface area contributed by atoms with Crippen LogP contribution in [0.25, 0.3) is 0 Å². The van der Waals surface area contributed by atoms with Crippen molar-refractivity contribution in [2.45, 2.75) is 38.8 Å². The summed E-state index contributed by atoms with van der Waals surface area (Å²) in [5.41, 5.74) is 2.93. The summed E-state index contributed by atoms with van der Waals surface area (Å²) in [7, 11) is 0. The molecule has 3 aromatic rings. The normalized spacial score (nSPS) is 12.7. The Labute approximate surface area is 239 Å². The monoisotopic (exact) mass is 620 g/mol. The van der Waals surface area contributed by atoms with Gasteiger partial charge >= 0.3 is 12.4 Å². The topological polar surface area (TPSA) is 98.3 Å². The van der Waals surface area contributed by atoms with Gasteiger partial charge in [-0.15, -0.1) is 0 Å². The standard InChI is InChI=1S/C26H23ClF6N4O3S/c1-13-9-15(10-36-11-17(22(38)26(31,32)33)21(35-36)25(28,29)30)7-8-19(13)37(14(2)12-41-3)24(40)20-16(23(34)39)5-4-6-18(20)27/h4-9,11,14H,10,12H2,1-3H3,(H2,34,39)/t14-/m0/s1. The first-order valence-electron chi connectivity index (χ1n) is 11.7. The average Bonchev–Trinajstić information content (AvgIpc) is 3.28. The third-order valence-electron chi connectivity index (χ3n) is 5.96. The second-order valence-corrected chi connectivity index (χ2v) is 10.4. The van der Waals surface area contributed by atoms with Crippen molar-refractivity contribution in [3.63, 3.8) is 0 Å². The zero-order valence-electron chi connectivity index (χ0n) is 21.7. The Morgan fingerprint density at radius 3 is 2.29 bits per heavy atom. The van der Waals surface area contributed by atoms with Gasteiger partial charge in [0.1, 0.15) is 0 Å². The van der Waals surface area contributed by atoms with E-state index in [1.54, 1.807) is 13.8 Å². The van der Waals surface area contributed by atoms with Crippen LogP contribution in [0.3, 0.4) is 0 Å². The number of rotatable bonds is 9. The van der Waals surface area contributed by atoms with E-state index in [1.165, 1.54) is 53.1 Å². The number of halogens is 7. The van der Waals surface area contributed by atoms with Crippen LogP contribution in [0, 0.1) is 6.92 Å². The molecule has 2 amide bonds. The van der Waals surface area contributed by atoms with E-state index in [-0.39, 0.29) is 16.1 Å². The molecule has 0 fully saturated rings. The molecule has 0 spiro atoms. The van der Waals surface area contributed by atoms with Crippen LogP contribution in [0.2, 0.25) is 5.02 Å². The molecule has 41 heavy (non-hydrogen) atoms. The summed E-state index contributed by atoms with van der Waals surface area (Å²) in [6, 6.07) is 8.34. The molecule has 1 atom stereocenters. The summed E-state index contributed by atoms with van der Waals surface area (Å²) in [6.07, 6.45) is -8.58. The van der Waals surface area contributed by atoms with Crippen molar-refractivity contribution in [1.29, 1.82) is 0 Å². The third-order valence-corrected chi connectivity index (χ3v) is 7.09. The molecule has 7 nitrogen and oxygen atoms in total. The molecule has 0 radical (unpaired) electrons. The Kier molecular flexibility index (Phi) is 9.48. The van der Waals surface area contributed by atoms with Gasteiger partial charge in [0, 0.05) is 23.7 Å². The molecule has 0 bridgehead atoms. The number of nitrogens with zero attached hydrogens (tertiary/aromatic N) is 3. The Balaban J connectivity index is 2.04. The van der Waals surface area contributed by atoms with E-state index >= 15 is 0 Å². The van der Waals surface area contributed by atoms with Crippen LogP contribution in [-0.2, 0) is 12.7 Å². The highest BCUT2D eigenvalue weighted by atomic mass is 35.5. The van der Waals surface area contributed by atoms with Crippen molar-refractivity contribution in [2.75, 3.05) is 16.9 Å². The van der Waals surface area contributed by atoms with E-state index < -0.39 is 53.8 Å². The summed E-state index contributed by atoms with van der Waals surface area (Å²) in [5, 5.41) is 3.20. The van der Waals surface area contributed by atoms with E-state index in [1.807, 2.05) is 6.26 Å². The smallest absolute Gasteiger partial charge is 0.366 e. The number of ketones is 1. The van der Waals surface area contributed by atoms with Crippen LogP contribution in [0.1, 0.15) is 54.8 Å². The lowest BCUT2D eigenvalue weighted by atomic mass is 10.0. The van der Waals surface area contributed by atoms with Gasteiger partial charge in [-0.05, 0) is 49.4 Å². The van der Waals surface area contributed by atoms with Gasteiger partial charge < -0.3 is 10.6 Å². The van der Waals surface area contributed by atoms with Gasteiger partial charge in [-0.1, -0.05) is 29.8 Å². The molecular weight excluding hydrogens is 598 g/mol. The van der Waals surface area contributed by atoms with E-state index in [0.29, 0.717) is 33.4 Å². The number of benzene rings is 2. The molecule has 1 heterocycles. The molecule has 0 saturated carbocycles. The van der Waals surface area contributed by atoms with Gasteiger partial charge in [-0.3, -0.25) is 19.1 Å². The number of nitrogens with two attached hydrogens (primary N) is 1. The summed E-state index contributed by atoms with van der Waals surface area (Å²) in [5.74, 6) is -3.65. The summed E-state index contributed by atoms with van der Waals surface area (Å²) in [4.78, 5) is 38.8. The first kappa shape index (κ1) is 32.0. The number of thioether (sulfide) groups is 1. The fourth-order valence-corrected chi connectivity index (χ4v) is 5.12. The zero-order valence-corrected chi connectivity index (χ0v) is 23.3. The van der Waals surface area contributed by atoms with Crippen molar-refractivity contribution in [3.8, 4) is 0 Å². The number of aryl methyl sites for hydroxylation is 1. The second-order valence-electron chi connectivity index (χ2n) is 9.04. The van der Waals surface area contributed by atoms with Gasteiger partial charge in [0.25, 0.3) is 11.7 Å². The fraction of sp³-hybridized carbons (Fsp3) is 0.308. The highest BCUT2D eigenvalue weighted by Crippen LogP contribution is 2.35. The number of hydrogen-bond donors (Lipinski definition) is 1. The van der Waals surface area contributed by atoms with E-state index in [9.17, 15) is 40.7 Å². The van der Waals surface area contributed by atoms with E-state index in [4.69, 9.17) is 17.3 Å². The SMILES string of the molecule is CSC[C@H](C)N(C(=O)c1c(Cl)cccc1C(N)=O)c1ccc(Cn2cc(C(=O)C(F)(F)F)c(C(F)(F)F)n2)cc1C. The Morgan fingerprint density at radius 1 is 1.10 bits per heavy atom. The van der Waals surface area contributed by atoms with Gasteiger partial charge in [0.05, 0.1) is 28.3 Å². The lowest BCUT2D eigenvalue weighted by Gasteiger charge is -2.31. The highest BCUT2D eigenvalue weighted by Gasteiger charge is 2.47. The molecule has 3 rings (SSSR count). The molecule has 15 heteroatoms. The maximum atomic E-state index is 13.8. The number of primary amides is 1. The molecular formula is C26H23ClF6N4O3S. The molecule has 0 unspecified atom stereocenters. The number of carbonyl (C=O) groups is 3. The summed E-state index contributed by atoms with van der Waals surface area (Å²) < 4.78 is 79.3. The number of aromatic nitrogens is 2. The minimum atomic E-state index is -5.52. The van der Waals surface area contributed by atoms with Gasteiger partial charge in [0.2, 0.25) is 5.91 Å². The predicted octanol–water partition coefficient (Wildman–Crippen LogP) is 6.15. The zero-order chi connectivity index (χ0) is 30.9. The predicted molar refractivity (Wildman–Crippen MR) is 143 cm³/mol. The Bertz CT molecular complexity index is 1490. The molecule has 0 aliphatic rings. The molecule has 220 valence electrons. The second kappa shape index (κ2) is 12.1. The van der Waals surface area contributed by atoms with Crippen LogP contribution in [0.4, 0.5) is 32.0 Å². The molecule has 2 N–H and O–H groups in total. The lowest BCUT2D eigenvalue weighted by Crippen LogP contribution is -2.41. The maximum Gasteiger partial charge on any atom is 0.455 e. The quantitative estimate of drug-likeness (QED) is 0.228. The van der Waals surface area contributed by atoms with E-state index in [2.05, 4.69) is 5.10 Å². The highest BCUT2D eigenvalue weighted by molar-refractivity contribution is 7.98. The lowest BCUT2D eigenvalue weighted by molar-refractivity contribution is -0.142. The number of hydrogen-bond acceptors (Lipinski definition) is 5. The fourth-order valence-electron chi connectivity index (χ4n) is 4.23. The third kappa shape index (κ3) is 7.04. The minimum Gasteiger partial charge on any atom is -0.366 e. The summed E-state index contributed by atoms with van der Waals surface area (Å²) in [6.45, 7) is 2.99.